The van der Waals surface area contributed by atoms with Crippen molar-refractivity contribution in [1.82, 2.24) is 9.78 Å². The molecule has 1 atom stereocenters. The highest BCUT2D eigenvalue weighted by Crippen LogP contribution is 2.39. The number of aryl methyl sites for hydroxylation is 1. The number of nitrogens with zero attached hydrogens (tertiary/aromatic N) is 2. The van der Waals surface area contributed by atoms with Gasteiger partial charge in [0.25, 0.3) is 0 Å². The van der Waals surface area contributed by atoms with Gasteiger partial charge in [0.1, 0.15) is 5.82 Å². The molecule has 0 radical (unpaired) electrons. The Hall–Kier alpha value is -2.40. The van der Waals surface area contributed by atoms with Crippen molar-refractivity contribution in [3.05, 3.63) is 64.0 Å². The van der Waals surface area contributed by atoms with Gasteiger partial charge in [-0.25, -0.2) is 4.68 Å². The molecule has 1 aromatic carbocycles. The van der Waals surface area contributed by atoms with Crippen molar-refractivity contribution < 1.29 is 4.79 Å². The van der Waals surface area contributed by atoms with E-state index in [1.165, 1.54) is 10.4 Å². The van der Waals surface area contributed by atoms with Gasteiger partial charge in [-0.05, 0) is 35.6 Å². The van der Waals surface area contributed by atoms with Crippen molar-refractivity contribution in [3.8, 4) is 5.69 Å². The van der Waals surface area contributed by atoms with E-state index in [1.807, 2.05) is 29.1 Å². The van der Waals surface area contributed by atoms with Crippen LogP contribution in [0, 0.1) is 0 Å². The number of nitrogens with one attached hydrogen (secondary N) is 1. The van der Waals surface area contributed by atoms with E-state index in [-0.39, 0.29) is 11.8 Å². The van der Waals surface area contributed by atoms with Gasteiger partial charge in [0.15, 0.2) is 0 Å². The van der Waals surface area contributed by atoms with E-state index in [1.54, 1.807) is 11.3 Å². The summed E-state index contributed by atoms with van der Waals surface area (Å²) in [7, 11) is 0. The number of fused-ring (bicyclic) bond motifs is 1. The molecule has 3 aromatic rings. The van der Waals surface area contributed by atoms with E-state index in [2.05, 4.69) is 40.9 Å². The number of carbonyl (C=O) groups is 1. The summed E-state index contributed by atoms with van der Waals surface area (Å²) in [5.74, 6) is 0.939. The van der Waals surface area contributed by atoms with E-state index in [0.29, 0.717) is 6.42 Å². The third-order valence-electron chi connectivity index (χ3n) is 4.30. The van der Waals surface area contributed by atoms with E-state index in [9.17, 15) is 4.79 Å². The Morgan fingerprint density at radius 3 is 2.83 bits per heavy atom. The third kappa shape index (κ3) is 2.47. The first-order valence-electron chi connectivity index (χ1n) is 7.76. The quantitative estimate of drug-likeness (QED) is 0.793. The van der Waals surface area contributed by atoms with Crippen molar-refractivity contribution in [2.75, 3.05) is 5.32 Å². The maximum atomic E-state index is 12.2. The van der Waals surface area contributed by atoms with Gasteiger partial charge in [0.05, 0.1) is 11.9 Å². The molecule has 1 N–H and O–H groups in total. The zero-order valence-corrected chi connectivity index (χ0v) is 13.6. The molecule has 0 aliphatic carbocycles. The zero-order chi connectivity index (χ0) is 15.8. The highest BCUT2D eigenvalue weighted by atomic mass is 32.1. The van der Waals surface area contributed by atoms with Crippen molar-refractivity contribution in [3.63, 3.8) is 0 Å². The molecular formula is C18H17N3OS. The summed E-state index contributed by atoms with van der Waals surface area (Å²) >= 11 is 1.69. The first kappa shape index (κ1) is 14.2. The second-order valence-corrected chi connectivity index (χ2v) is 6.68. The number of carbonyl (C=O) groups excluding carboxylic acids is 1. The highest BCUT2D eigenvalue weighted by Gasteiger charge is 2.30. The second kappa shape index (κ2) is 5.66. The number of hydrogen-bond donors (Lipinski definition) is 1. The molecule has 1 amide bonds. The van der Waals surface area contributed by atoms with Crippen LogP contribution in [0.4, 0.5) is 5.82 Å². The lowest BCUT2D eigenvalue weighted by molar-refractivity contribution is -0.116. The first-order valence-corrected chi connectivity index (χ1v) is 8.64. The fourth-order valence-corrected chi connectivity index (χ4v) is 3.88. The number of rotatable bonds is 3. The Bertz CT molecular complexity index is 834. The van der Waals surface area contributed by atoms with Crippen LogP contribution in [-0.2, 0) is 11.2 Å². The summed E-state index contributed by atoms with van der Waals surface area (Å²) in [6.45, 7) is 2.14. The van der Waals surface area contributed by atoms with Crippen molar-refractivity contribution in [2.45, 2.75) is 25.7 Å². The van der Waals surface area contributed by atoms with Gasteiger partial charge >= 0.3 is 0 Å². The highest BCUT2D eigenvalue weighted by molar-refractivity contribution is 7.10. The number of benzene rings is 1. The predicted octanol–water partition coefficient (Wildman–Crippen LogP) is 3.97. The fraction of sp³-hybridized carbons (Fsp3) is 0.222. The van der Waals surface area contributed by atoms with Gasteiger partial charge in [0, 0.05) is 22.8 Å². The van der Waals surface area contributed by atoms with Gasteiger partial charge in [-0.2, -0.15) is 5.10 Å². The molecule has 1 aliphatic heterocycles. The molecule has 0 spiro atoms. The molecule has 4 rings (SSSR count). The van der Waals surface area contributed by atoms with Crippen LogP contribution in [0.5, 0.6) is 0 Å². The summed E-state index contributed by atoms with van der Waals surface area (Å²) in [5.41, 5.74) is 3.34. The Labute approximate surface area is 138 Å². The lowest BCUT2D eigenvalue weighted by Gasteiger charge is -2.22. The summed E-state index contributed by atoms with van der Waals surface area (Å²) < 4.78 is 1.83. The fourth-order valence-electron chi connectivity index (χ4n) is 3.03. The van der Waals surface area contributed by atoms with Crippen LogP contribution in [0.3, 0.4) is 0 Å². The van der Waals surface area contributed by atoms with Crippen LogP contribution in [0.25, 0.3) is 5.69 Å². The molecule has 0 saturated heterocycles. The molecule has 4 nitrogen and oxygen atoms in total. The molecule has 3 heterocycles. The number of aromatic nitrogens is 2. The summed E-state index contributed by atoms with van der Waals surface area (Å²) in [6, 6.07) is 12.4. The molecule has 116 valence electrons. The molecule has 2 aromatic heterocycles. The van der Waals surface area contributed by atoms with Crippen molar-refractivity contribution >= 4 is 23.1 Å². The lowest BCUT2D eigenvalue weighted by Crippen LogP contribution is -2.24. The zero-order valence-electron chi connectivity index (χ0n) is 12.8. The number of anilines is 1. The third-order valence-corrected chi connectivity index (χ3v) is 5.28. The average molecular weight is 323 g/mol. The predicted molar refractivity (Wildman–Crippen MR) is 92.4 cm³/mol. The molecular weight excluding hydrogens is 306 g/mol. The Morgan fingerprint density at radius 1 is 1.30 bits per heavy atom. The summed E-state index contributed by atoms with van der Waals surface area (Å²) in [4.78, 5) is 13.4. The molecule has 0 saturated carbocycles. The normalized spacial score (nSPS) is 16.9. The number of thiophene rings is 1. The Morgan fingerprint density at radius 2 is 2.13 bits per heavy atom. The second-order valence-electron chi connectivity index (χ2n) is 5.70. The summed E-state index contributed by atoms with van der Waals surface area (Å²) in [5, 5.41) is 9.57. The molecule has 0 fully saturated rings. The van der Waals surface area contributed by atoms with Gasteiger partial charge < -0.3 is 5.32 Å². The number of hydrogen-bond acceptors (Lipinski definition) is 3. The topological polar surface area (TPSA) is 46.9 Å². The Balaban J connectivity index is 1.78. The Kier molecular flexibility index (Phi) is 3.50. The van der Waals surface area contributed by atoms with Gasteiger partial charge in [-0.15, -0.1) is 11.3 Å². The van der Waals surface area contributed by atoms with Crippen LogP contribution >= 0.6 is 11.3 Å². The molecule has 1 unspecified atom stereocenters. The maximum absolute atomic E-state index is 12.2. The minimum atomic E-state index is 0.0443. The SMILES string of the molecule is CCc1ccc(-n2ncc3c2NC(=O)CC3c2cccs2)cc1. The number of amides is 1. The first-order chi connectivity index (χ1) is 11.3. The van der Waals surface area contributed by atoms with Gasteiger partial charge in [-0.3, -0.25) is 4.79 Å². The maximum Gasteiger partial charge on any atom is 0.226 e. The molecule has 1 aliphatic rings. The average Bonchev–Trinajstić information content (AvgIpc) is 3.24. The van der Waals surface area contributed by atoms with Crippen LogP contribution in [-0.4, -0.2) is 15.7 Å². The van der Waals surface area contributed by atoms with Crippen LogP contribution in [0.15, 0.2) is 48.0 Å². The van der Waals surface area contributed by atoms with Gasteiger partial charge in [0.2, 0.25) is 5.91 Å². The van der Waals surface area contributed by atoms with Gasteiger partial charge in [-0.1, -0.05) is 25.1 Å². The van der Waals surface area contributed by atoms with E-state index in [4.69, 9.17) is 0 Å². The largest absolute Gasteiger partial charge is 0.310 e. The van der Waals surface area contributed by atoms with Crippen molar-refractivity contribution in [2.24, 2.45) is 0 Å². The van der Waals surface area contributed by atoms with Crippen molar-refractivity contribution in [1.29, 1.82) is 0 Å². The van der Waals surface area contributed by atoms with E-state index >= 15 is 0 Å². The van der Waals surface area contributed by atoms with Crippen LogP contribution < -0.4 is 5.32 Å². The van der Waals surface area contributed by atoms with E-state index < -0.39 is 0 Å². The van der Waals surface area contributed by atoms with E-state index in [0.717, 1.165) is 23.5 Å². The minimum absolute atomic E-state index is 0.0443. The molecule has 5 heteroatoms. The lowest BCUT2D eigenvalue weighted by atomic mass is 9.93. The van der Waals surface area contributed by atoms with Crippen LogP contribution in [0.2, 0.25) is 0 Å². The molecule has 0 bridgehead atoms. The molecule has 23 heavy (non-hydrogen) atoms. The smallest absolute Gasteiger partial charge is 0.226 e. The summed E-state index contributed by atoms with van der Waals surface area (Å²) in [6.07, 6.45) is 3.37. The minimum Gasteiger partial charge on any atom is -0.310 e. The standard InChI is InChI=1S/C18H17N3OS/c1-2-12-5-7-13(8-6-12)21-18-15(11-19-21)14(10-17(22)20-18)16-4-3-9-23-16/h3-9,11,14H,2,10H2,1H3,(H,20,22). The van der Waals surface area contributed by atoms with Crippen LogP contribution in [0.1, 0.15) is 35.3 Å². The monoisotopic (exact) mass is 323 g/mol.